The Kier molecular flexibility index (Phi) is 5.91. The summed E-state index contributed by atoms with van der Waals surface area (Å²) in [7, 11) is 0. The molecule has 0 aromatic rings. The smallest absolute Gasteiger partial charge is 0.148 e. The fourth-order valence-electron chi connectivity index (χ4n) is 1.71. The zero-order chi connectivity index (χ0) is 12.9. The largest absolute Gasteiger partial charge is 0.299 e. The van der Waals surface area contributed by atoms with E-state index >= 15 is 0 Å². The lowest BCUT2D eigenvalue weighted by Crippen LogP contribution is -2.33. The fourth-order valence-corrected chi connectivity index (χ4v) is 1.71. The van der Waals surface area contributed by atoms with Crippen LogP contribution in [-0.4, -0.2) is 11.6 Å². The van der Waals surface area contributed by atoms with E-state index in [9.17, 15) is 9.59 Å². The number of ketones is 2. The van der Waals surface area contributed by atoms with E-state index in [4.69, 9.17) is 0 Å². The first-order chi connectivity index (χ1) is 7.20. The van der Waals surface area contributed by atoms with Gasteiger partial charge in [-0.3, -0.25) is 9.59 Å². The van der Waals surface area contributed by atoms with Crippen molar-refractivity contribution in [2.45, 2.75) is 60.8 Å². The van der Waals surface area contributed by atoms with E-state index < -0.39 is 5.41 Å². The van der Waals surface area contributed by atoms with Crippen molar-refractivity contribution in [3.8, 4) is 0 Å². The molecule has 0 rings (SSSR count). The molecule has 0 spiro atoms. The maximum absolute atomic E-state index is 12.2. The van der Waals surface area contributed by atoms with E-state index in [2.05, 4.69) is 13.8 Å². The zero-order valence-electron chi connectivity index (χ0n) is 11.6. The lowest BCUT2D eigenvalue weighted by Gasteiger charge is -2.24. The third kappa shape index (κ3) is 4.91. The Morgan fingerprint density at radius 3 is 1.88 bits per heavy atom. The van der Waals surface area contributed by atoms with Crippen LogP contribution in [0.4, 0.5) is 0 Å². The van der Waals surface area contributed by atoms with Gasteiger partial charge in [0.1, 0.15) is 11.6 Å². The van der Waals surface area contributed by atoms with Crippen molar-refractivity contribution in [2.24, 2.45) is 17.3 Å². The molecule has 0 amide bonds. The zero-order valence-corrected chi connectivity index (χ0v) is 11.6. The molecule has 0 N–H and O–H groups in total. The first kappa shape index (κ1) is 15.3. The number of carbonyl (C=O) groups excluding carboxylic acids is 2. The number of hydrogen-bond acceptors (Lipinski definition) is 2. The molecule has 94 valence electrons. The van der Waals surface area contributed by atoms with Gasteiger partial charge in [-0.25, -0.2) is 0 Å². The van der Waals surface area contributed by atoms with Crippen LogP contribution in [0.15, 0.2) is 0 Å². The molecule has 1 atom stereocenters. The fraction of sp³-hybridized carbons (Fsp3) is 0.857. The minimum atomic E-state index is -0.410. The highest BCUT2D eigenvalue weighted by Crippen LogP contribution is 2.25. The van der Waals surface area contributed by atoms with Gasteiger partial charge in [0.25, 0.3) is 0 Å². The van der Waals surface area contributed by atoms with Gasteiger partial charge in [-0.1, -0.05) is 41.5 Å². The normalized spacial score (nSPS) is 13.9. The van der Waals surface area contributed by atoms with Crippen LogP contribution in [0.1, 0.15) is 60.8 Å². The van der Waals surface area contributed by atoms with Crippen LogP contribution >= 0.6 is 0 Å². The SMILES string of the molecule is CCC(=O)C(CCC(C)C)C(=O)C(C)(C)C. The molecule has 0 bridgehead atoms. The predicted molar refractivity (Wildman–Crippen MR) is 67.3 cm³/mol. The molecule has 0 aliphatic rings. The van der Waals surface area contributed by atoms with Crippen LogP contribution < -0.4 is 0 Å². The van der Waals surface area contributed by atoms with Gasteiger partial charge in [-0.05, 0) is 18.8 Å². The summed E-state index contributed by atoms with van der Waals surface area (Å²) in [5, 5.41) is 0. The third-order valence-corrected chi connectivity index (χ3v) is 2.83. The van der Waals surface area contributed by atoms with E-state index in [-0.39, 0.29) is 17.5 Å². The van der Waals surface area contributed by atoms with Crippen molar-refractivity contribution in [1.82, 2.24) is 0 Å². The van der Waals surface area contributed by atoms with Crippen molar-refractivity contribution in [3.63, 3.8) is 0 Å². The molecule has 2 heteroatoms. The molecule has 0 radical (unpaired) electrons. The minimum absolute atomic E-state index is 0.0972. The highest BCUT2D eigenvalue weighted by molar-refractivity contribution is 6.04. The quantitative estimate of drug-likeness (QED) is 0.648. The average Bonchev–Trinajstić information content (AvgIpc) is 2.15. The lowest BCUT2D eigenvalue weighted by molar-refractivity contribution is -0.138. The monoisotopic (exact) mass is 226 g/mol. The Bertz CT molecular complexity index is 246. The molecule has 0 aliphatic heterocycles. The van der Waals surface area contributed by atoms with Crippen LogP contribution in [0.3, 0.4) is 0 Å². The Morgan fingerprint density at radius 2 is 1.56 bits per heavy atom. The van der Waals surface area contributed by atoms with Crippen LogP contribution in [0.25, 0.3) is 0 Å². The van der Waals surface area contributed by atoms with E-state index in [0.717, 1.165) is 6.42 Å². The molecule has 0 aliphatic carbocycles. The summed E-state index contributed by atoms with van der Waals surface area (Å²) in [5.41, 5.74) is -0.410. The number of carbonyl (C=O) groups is 2. The summed E-state index contributed by atoms with van der Waals surface area (Å²) in [6.07, 6.45) is 2.11. The highest BCUT2D eigenvalue weighted by Gasteiger charge is 2.33. The number of hydrogen-bond donors (Lipinski definition) is 0. The molecule has 1 unspecified atom stereocenters. The average molecular weight is 226 g/mol. The summed E-state index contributed by atoms with van der Waals surface area (Å²) < 4.78 is 0. The van der Waals surface area contributed by atoms with Crippen LogP contribution in [0.5, 0.6) is 0 Å². The van der Waals surface area contributed by atoms with Gasteiger partial charge in [0.2, 0.25) is 0 Å². The standard InChI is InChI=1S/C14H26O2/c1-7-12(15)11(9-8-10(2)3)13(16)14(4,5)6/h10-11H,7-9H2,1-6H3. The maximum Gasteiger partial charge on any atom is 0.148 e. The van der Waals surface area contributed by atoms with Gasteiger partial charge >= 0.3 is 0 Å². The first-order valence-corrected chi connectivity index (χ1v) is 6.27. The van der Waals surface area contributed by atoms with Crippen LogP contribution in [0.2, 0.25) is 0 Å². The molecule has 0 heterocycles. The molecule has 2 nitrogen and oxygen atoms in total. The Morgan fingerprint density at radius 1 is 1.06 bits per heavy atom. The molecule has 0 aromatic carbocycles. The van der Waals surface area contributed by atoms with Crippen molar-refractivity contribution in [1.29, 1.82) is 0 Å². The van der Waals surface area contributed by atoms with E-state index in [1.165, 1.54) is 0 Å². The van der Waals surface area contributed by atoms with Gasteiger partial charge < -0.3 is 0 Å². The van der Waals surface area contributed by atoms with Crippen LogP contribution in [0, 0.1) is 17.3 Å². The van der Waals surface area contributed by atoms with Crippen molar-refractivity contribution in [3.05, 3.63) is 0 Å². The maximum atomic E-state index is 12.2. The number of rotatable bonds is 6. The third-order valence-electron chi connectivity index (χ3n) is 2.83. The van der Waals surface area contributed by atoms with E-state index in [0.29, 0.717) is 18.8 Å². The topological polar surface area (TPSA) is 34.1 Å². The second kappa shape index (κ2) is 6.17. The molecular formula is C14H26O2. The highest BCUT2D eigenvalue weighted by atomic mass is 16.2. The second-order valence-electron chi connectivity index (χ2n) is 5.96. The summed E-state index contributed by atoms with van der Waals surface area (Å²) >= 11 is 0. The van der Waals surface area contributed by atoms with Gasteiger partial charge in [0.05, 0.1) is 5.92 Å². The Labute approximate surface area is 99.8 Å². The lowest BCUT2D eigenvalue weighted by atomic mass is 9.78. The summed E-state index contributed by atoms with van der Waals surface area (Å²) in [6, 6.07) is 0. The summed E-state index contributed by atoms with van der Waals surface area (Å²) in [5.74, 6) is 0.355. The Hall–Kier alpha value is -0.660. The molecule has 0 fully saturated rings. The van der Waals surface area contributed by atoms with Gasteiger partial charge in [-0.15, -0.1) is 0 Å². The molecule has 0 saturated carbocycles. The van der Waals surface area contributed by atoms with E-state index in [1.807, 2.05) is 27.7 Å². The van der Waals surface area contributed by atoms with Crippen LogP contribution in [-0.2, 0) is 9.59 Å². The van der Waals surface area contributed by atoms with Crippen molar-refractivity contribution >= 4 is 11.6 Å². The molecule has 16 heavy (non-hydrogen) atoms. The van der Waals surface area contributed by atoms with Crippen molar-refractivity contribution < 1.29 is 9.59 Å². The van der Waals surface area contributed by atoms with Gasteiger partial charge in [0.15, 0.2) is 0 Å². The van der Waals surface area contributed by atoms with E-state index in [1.54, 1.807) is 0 Å². The summed E-state index contributed by atoms with van der Waals surface area (Å²) in [4.78, 5) is 23.9. The van der Waals surface area contributed by atoms with Gasteiger partial charge in [-0.2, -0.15) is 0 Å². The number of Topliss-reactive ketones (excluding diaryl/α,β-unsaturated/α-hetero) is 2. The minimum Gasteiger partial charge on any atom is -0.299 e. The molecule has 0 aromatic heterocycles. The predicted octanol–water partition coefficient (Wildman–Crippen LogP) is 3.63. The van der Waals surface area contributed by atoms with Crippen molar-refractivity contribution in [2.75, 3.05) is 0 Å². The Balaban J connectivity index is 4.68. The molecule has 0 saturated heterocycles. The first-order valence-electron chi connectivity index (χ1n) is 6.27. The van der Waals surface area contributed by atoms with Gasteiger partial charge in [0, 0.05) is 11.8 Å². The molecular weight excluding hydrogens is 200 g/mol. The second-order valence-corrected chi connectivity index (χ2v) is 5.96. The summed E-state index contributed by atoms with van der Waals surface area (Å²) in [6.45, 7) is 11.7.